The summed E-state index contributed by atoms with van der Waals surface area (Å²) in [6.07, 6.45) is -0.0887. The number of esters is 2. The van der Waals surface area contributed by atoms with E-state index in [1.807, 2.05) is 84.9 Å². The molecule has 0 N–H and O–H groups in total. The average Bonchev–Trinajstić information content (AvgIpc) is 2.88. The first-order chi connectivity index (χ1) is 16.7. The Hall–Kier alpha value is -4.06. The molecular weight excluding hydrogens is 432 g/mol. The summed E-state index contributed by atoms with van der Waals surface area (Å²) in [6, 6.07) is 27.4. The predicted molar refractivity (Wildman–Crippen MR) is 130 cm³/mol. The van der Waals surface area contributed by atoms with Gasteiger partial charge in [0.15, 0.2) is 0 Å². The highest BCUT2D eigenvalue weighted by Crippen LogP contribution is 2.26. The summed E-state index contributed by atoms with van der Waals surface area (Å²) < 4.78 is 21.8. The Morgan fingerprint density at radius 2 is 0.912 bits per heavy atom. The maximum absolute atomic E-state index is 11.9. The van der Waals surface area contributed by atoms with Crippen molar-refractivity contribution in [3.05, 3.63) is 84.9 Å². The molecule has 0 fully saturated rings. The molecule has 0 unspecified atom stereocenters. The van der Waals surface area contributed by atoms with Crippen molar-refractivity contribution in [1.82, 2.24) is 0 Å². The van der Waals surface area contributed by atoms with Gasteiger partial charge in [0.05, 0.1) is 12.8 Å². The van der Waals surface area contributed by atoms with Crippen molar-refractivity contribution in [1.29, 1.82) is 0 Å². The standard InChI is InChI=1S/C28H26O6/c29-27(33-19-17-31-25-13-5-9-21-7-1-3-11-23(21)25)15-16-28(30)34-20-18-32-26-14-6-10-22-8-2-4-12-24(22)26/h1-14H,15-20H2. The molecule has 34 heavy (non-hydrogen) atoms. The van der Waals surface area contributed by atoms with Crippen LogP contribution < -0.4 is 9.47 Å². The number of carbonyl (C=O) groups is 2. The minimum absolute atomic E-state index is 0.0444. The lowest BCUT2D eigenvalue weighted by Crippen LogP contribution is -2.16. The molecule has 0 aliphatic heterocycles. The molecule has 0 spiro atoms. The molecule has 4 aromatic carbocycles. The van der Waals surface area contributed by atoms with Gasteiger partial charge in [-0.25, -0.2) is 0 Å². The molecule has 0 atom stereocenters. The van der Waals surface area contributed by atoms with Crippen molar-refractivity contribution in [3.8, 4) is 11.5 Å². The molecule has 0 heterocycles. The van der Waals surface area contributed by atoms with Crippen LogP contribution in [0.15, 0.2) is 84.9 Å². The van der Waals surface area contributed by atoms with Crippen molar-refractivity contribution >= 4 is 33.5 Å². The van der Waals surface area contributed by atoms with Crippen molar-refractivity contribution in [2.75, 3.05) is 26.4 Å². The molecule has 0 amide bonds. The van der Waals surface area contributed by atoms with Gasteiger partial charge in [-0.15, -0.1) is 0 Å². The van der Waals surface area contributed by atoms with Crippen LogP contribution in [0.5, 0.6) is 11.5 Å². The van der Waals surface area contributed by atoms with Gasteiger partial charge in [0, 0.05) is 10.8 Å². The molecule has 0 aliphatic rings. The Morgan fingerprint density at radius 1 is 0.500 bits per heavy atom. The fraction of sp³-hybridized carbons (Fsp3) is 0.214. The SMILES string of the molecule is O=C(CCC(=O)OCCOc1cccc2ccccc12)OCCOc1cccc2ccccc12. The van der Waals surface area contributed by atoms with Gasteiger partial charge in [-0.1, -0.05) is 72.8 Å². The molecule has 0 radical (unpaired) electrons. The summed E-state index contributed by atoms with van der Waals surface area (Å²) in [5, 5.41) is 4.17. The summed E-state index contributed by atoms with van der Waals surface area (Å²) in [5.41, 5.74) is 0. The second-order valence-corrected chi connectivity index (χ2v) is 7.59. The van der Waals surface area contributed by atoms with Gasteiger partial charge < -0.3 is 18.9 Å². The smallest absolute Gasteiger partial charge is 0.306 e. The largest absolute Gasteiger partial charge is 0.489 e. The van der Waals surface area contributed by atoms with Crippen LogP contribution >= 0.6 is 0 Å². The number of ether oxygens (including phenoxy) is 4. The Kier molecular flexibility index (Phi) is 7.95. The highest BCUT2D eigenvalue weighted by molar-refractivity contribution is 5.89. The highest BCUT2D eigenvalue weighted by Gasteiger charge is 2.10. The number of carbonyl (C=O) groups excluding carboxylic acids is 2. The maximum Gasteiger partial charge on any atom is 0.306 e. The third-order valence-corrected chi connectivity index (χ3v) is 5.24. The molecule has 0 saturated carbocycles. The van der Waals surface area contributed by atoms with E-state index in [0.29, 0.717) is 0 Å². The normalized spacial score (nSPS) is 10.7. The first kappa shape index (κ1) is 23.1. The molecule has 0 saturated heterocycles. The molecule has 174 valence electrons. The zero-order chi connectivity index (χ0) is 23.6. The Balaban J connectivity index is 1.10. The minimum Gasteiger partial charge on any atom is -0.489 e. The quantitative estimate of drug-likeness (QED) is 0.224. The minimum atomic E-state index is -0.467. The van der Waals surface area contributed by atoms with Gasteiger partial charge in [-0.2, -0.15) is 0 Å². The van der Waals surface area contributed by atoms with Gasteiger partial charge in [0.25, 0.3) is 0 Å². The summed E-state index contributed by atoms with van der Waals surface area (Å²) in [4.78, 5) is 23.8. The lowest BCUT2D eigenvalue weighted by molar-refractivity contribution is -0.151. The van der Waals surface area contributed by atoms with Crippen molar-refractivity contribution in [2.24, 2.45) is 0 Å². The lowest BCUT2D eigenvalue weighted by Gasteiger charge is -2.10. The first-order valence-electron chi connectivity index (χ1n) is 11.2. The zero-order valence-corrected chi connectivity index (χ0v) is 18.8. The first-order valence-corrected chi connectivity index (χ1v) is 11.2. The van der Waals surface area contributed by atoms with E-state index in [2.05, 4.69) is 0 Å². The fourth-order valence-electron chi connectivity index (χ4n) is 3.61. The summed E-state index contributed by atoms with van der Waals surface area (Å²) >= 11 is 0. The Morgan fingerprint density at radius 3 is 1.38 bits per heavy atom. The molecule has 0 bridgehead atoms. The van der Waals surface area contributed by atoms with Gasteiger partial charge in [0.1, 0.15) is 37.9 Å². The highest BCUT2D eigenvalue weighted by atomic mass is 16.6. The Bertz CT molecular complexity index is 1160. The maximum atomic E-state index is 11.9. The topological polar surface area (TPSA) is 71.1 Å². The number of fused-ring (bicyclic) bond motifs is 2. The van der Waals surface area contributed by atoms with Gasteiger partial charge in [0.2, 0.25) is 0 Å². The number of benzene rings is 4. The second-order valence-electron chi connectivity index (χ2n) is 7.59. The van der Waals surface area contributed by atoms with E-state index < -0.39 is 11.9 Å². The van der Waals surface area contributed by atoms with Crippen LogP contribution in [0.1, 0.15) is 12.8 Å². The number of rotatable bonds is 11. The predicted octanol–water partition coefficient (Wildman–Crippen LogP) is 5.32. The van der Waals surface area contributed by atoms with Crippen LogP contribution in [0.4, 0.5) is 0 Å². The van der Waals surface area contributed by atoms with Crippen LogP contribution in [0.3, 0.4) is 0 Å². The van der Waals surface area contributed by atoms with E-state index in [9.17, 15) is 9.59 Å². The molecule has 4 aromatic rings. The van der Waals surface area contributed by atoms with E-state index >= 15 is 0 Å². The molecule has 6 heteroatoms. The van der Waals surface area contributed by atoms with E-state index in [0.717, 1.165) is 33.0 Å². The van der Waals surface area contributed by atoms with Crippen molar-refractivity contribution < 1.29 is 28.5 Å². The van der Waals surface area contributed by atoms with Crippen LogP contribution in [-0.2, 0) is 19.1 Å². The van der Waals surface area contributed by atoms with E-state index in [4.69, 9.17) is 18.9 Å². The second kappa shape index (κ2) is 11.7. The third kappa shape index (κ3) is 6.25. The van der Waals surface area contributed by atoms with Gasteiger partial charge >= 0.3 is 11.9 Å². The monoisotopic (exact) mass is 458 g/mol. The molecule has 6 nitrogen and oxygen atoms in total. The van der Waals surface area contributed by atoms with Gasteiger partial charge in [-0.05, 0) is 22.9 Å². The molecule has 4 rings (SSSR count). The summed E-state index contributed by atoms with van der Waals surface area (Å²) in [6.45, 7) is 0.678. The van der Waals surface area contributed by atoms with Crippen LogP contribution in [0.25, 0.3) is 21.5 Å². The molecule has 0 aliphatic carbocycles. The summed E-state index contributed by atoms with van der Waals surface area (Å²) in [5.74, 6) is 0.544. The summed E-state index contributed by atoms with van der Waals surface area (Å²) in [7, 11) is 0. The number of hydrogen-bond donors (Lipinski definition) is 0. The van der Waals surface area contributed by atoms with Crippen LogP contribution in [0.2, 0.25) is 0 Å². The third-order valence-electron chi connectivity index (χ3n) is 5.24. The fourth-order valence-corrected chi connectivity index (χ4v) is 3.61. The van der Waals surface area contributed by atoms with E-state index in [1.165, 1.54) is 0 Å². The van der Waals surface area contributed by atoms with E-state index in [1.54, 1.807) is 0 Å². The van der Waals surface area contributed by atoms with Crippen molar-refractivity contribution in [2.45, 2.75) is 12.8 Å². The van der Waals surface area contributed by atoms with E-state index in [-0.39, 0.29) is 39.3 Å². The average molecular weight is 459 g/mol. The van der Waals surface area contributed by atoms with Crippen LogP contribution in [0, 0.1) is 0 Å². The Labute approximate surface area is 198 Å². The van der Waals surface area contributed by atoms with Crippen LogP contribution in [-0.4, -0.2) is 38.4 Å². The molecule has 0 aromatic heterocycles. The zero-order valence-electron chi connectivity index (χ0n) is 18.8. The van der Waals surface area contributed by atoms with Crippen molar-refractivity contribution in [3.63, 3.8) is 0 Å². The lowest BCUT2D eigenvalue weighted by atomic mass is 10.1. The molecular formula is C28H26O6. The number of hydrogen-bond acceptors (Lipinski definition) is 6. The van der Waals surface area contributed by atoms with Gasteiger partial charge in [-0.3, -0.25) is 9.59 Å².